The molecule has 0 aliphatic rings. The second kappa shape index (κ2) is 8.20. The van der Waals surface area contributed by atoms with Crippen molar-refractivity contribution in [2.24, 2.45) is 0 Å². The molecule has 5 heteroatoms. The molecule has 0 aliphatic carbocycles. The van der Waals surface area contributed by atoms with Crippen molar-refractivity contribution in [3.05, 3.63) is 52.0 Å². The molecule has 24 heavy (non-hydrogen) atoms. The number of ether oxygens (including phenoxy) is 2. The van der Waals surface area contributed by atoms with Gasteiger partial charge in [0.2, 0.25) is 5.91 Å². The number of carbonyl (C=O) groups is 1. The van der Waals surface area contributed by atoms with Gasteiger partial charge in [0.25, 0.3) is 0 Å². The summed E-state index contributed by atoms with van der Waals surface area (Å²) in [6.07, 6.45) is 0.373. The van der Waals surface area contributed by atoms with Gasteiger partial charge in [-0.3, -0.25) is 4.79 Å². The van der Waals surface area contributed by atoms with Crippen molar-refractivity contribution in [2.75, 3.05) is 19.5 Å². The van der Waals surface area contributed by atoms with Crippen LogP contribution in [0.25, 0.3) is 0 Å². The summed E-state index contributed by atoms with van der Waals surface area (Å²) in [7, 11) is 3.24. The molecule has 0 saturated heterocycles. The lowest BCUT2D eigenvalue weighted by molar-refractivity contribution is -0.116. The van der Waals surface area contributed by atoms with E-state index in [1.807, 2.05) is 50.2 Å². The van der Waals surface area contributed by atoms with Crippen LogP contribution >= 0.6 is 15.9 Å². The number of hydrogen-bond acceptors (Lipinski definition) is 3. The number of nitrogens with one attached hydrogen (secondary N) is 1. The van der Waals surface area contributed by atoms with Gasteiger partial charge in [0.1, 0.15) is 11.5 Å². The summed E-state index contributed by atoms with van der Waals surface area (Å²) >= 11 is 3.42. The average Bonchev–Trinajstić information content (AvgIpc) is 2.56. The van der Waals surface area contributed by atoms with Crippen LogP contribution in [0.4, 0.5) is 5.69 Å². The van der Waals surface area contributed by atoms with Gasteiger partial charge in [0, 0.05) is 22.6 Å². The number of halogens is 1. The fourth-order valence-electron chi connectivity index (χ4n) is 2.58. The normalized spacial score (nSPS) is 11.7. The molecule has 2 aromatic carbocycles. The first kappa shape index (κ1) is 18.3. The maximum Gasteiger partial charge on any atom is 0.224 e. The third kappa shape index (κ3) is 4.51. The van der Waals surface area contributed by atoms with E-state index in [0.29, 0.717) is 6.42 Å². The van der Waals surface area contributed by atoms with Gasteiger partial charge in [0.15, 0.2) is 0 Å². The number of aryl methyl sites for hydroxylation is 1. The van der Waals surface area contributed by atoms with Gasteiger partial charge in [0.05, 0.1) is 14.2 Å². The van der Waals surface area contributed by atoms with Gasteiger partial charge in [-0.25, -0.2) is 0 Å². The first-order chi connectivity index (χ1) is 11.4. The van der Waals surface area contributed by atoms with E-state index in [1.54, 1.807) is 14.2 Å². The molecule has 1 unspecified atom stereocenters. The SMILES string of the molecule is COc1ccc(C(C)CC(=O)Nc2ccc(Br)cc2C)c(OC)c1. The summed E-state index contributed by atoms with van der Waals surface area (Å²) in [5.74, 6) is 1.47. The minimum Gasteiger partial charge on any atom is -0.497 e. The fourth-order valence-corrected chi connectivity index (χ4v) is 3.06. The van der Waals surface area contributed by atoms with Crippen LogP contribution in [0.2, 0.25) is 0 Å². The third-order valence-corrected chi connectivity index (χ3v) is 4.42. The number of anilines is 1. The minimum absolute atomic E-state index is 0.0224. The molecule has 0 aliphatic heterocycles. The summed E-state index contributed by atoms with van der Waals surface area (Å²) in [4.78, 5) is 12.4. The van der Waals surface area contributed by atoms with Crippen molar-refractivity contribution in [1.82, 2.24) is 0 Å². The Morgan fingerprint density at radius 1 is 1.17 bits per heavy atom. The molecule has 4 nitrogen and oxygen atoms in total. The Morgan fingerprint density at radius 3 is 2.54 bits per heavy atom. The molecule has 1 atom stereocenters. The molecule has 0 aromatic heterocycles. The Kier molecular flexibility index (Phi) is 6.26. The summed E-state index contributed by atoms with van der Waals surface area (Å²) in [6.45, 7) is 3.98. The van der Waals surface area contributed by atoms with Crippen LogP contribution in [0.15, 0.2) is 40.9 Å². The van der Waals surface area contributed by atoms with E-state index in [1.165, 1.54) is 0 Å². The lowest BCUT2D eigenvalue weighted by Crippen LogP contribution is -2.15. The van der Waals surface area contributed by atoms with Gasteiger partial charge >= 0.3 is 0 Å². The number of benzene rings is 2. The highest BCUT2D eigenvalue weighted by Gasteiger charge is 2.16. The number of amides is 1. The van der Waals surface area contributed by atoms with Crippen LogP contribution in [0.1, 0.15) is 30.4 Å². The number of rotatable bonds is 6. The maximum absolute atomic E-state index is 12.4. The molecule has 0 radical (unpaired) electrons. The molecule has 0 heterocycles. The van der Waals surface area contributed by atoms with Crippen molar-refractivity contribution >= 4 is 27.5 Å². The largest absolute Gasteiger partial charge is 0.497 e. The summed E-state index contributed by atoms with van der Waals surface area (Å²) < 4.78 is 11.6. The fraction of sp³-hybridized carbons (Fsp3) is 0.316. The van der Waals surface area contributed by atoms with Crippen molar-refractivity contribution in [1.29, 1.82) is 0 Å². The molecule has 0 fully saturated rings. The first-order valence-electron chi connectivity index (χ1n) is 7.72. The van der Waals surface area contributed by atoms with Crippen LogP contribution < -0.4 is 14.8 Å². The van der Waals surface area contributed by atoms with Crippen molar-refractivity contribution in [2.45, 2.75) is 26.2 Å². The van der Waals surface area contributed by atoms with Crippen LogP contribution in [-0.2, 0) is 4.79 Å². The molecule has 2 rings (SSSR count). The van der Waals surface area contributed by atoms with E-state index >= 15 is 0 Å². The van der Waals surface area contributed by atoms with Gasteiger partial charge in [-0.2, -0.15) is 0 Å². The molecular formula is C19H22BrNO3. The predicted octanol–water partition coefficient (Wildman–Crippen LogP) is 4.91. The molecular weight excluding hydrogens is 370 g/mol. The van der Waals surface area contributed by atoms with Gasteiger partial charge in [-0.05, 0) is 48.2 Å². The van der Waals surface area contributed by atoms with Gasteiger partial charge < -0.3 is 14.8 Å². The Hall–Kier alpha value is -2.01. The monoisotopic (exact) mass is 391 g/mol. The standard InChI is InChI=1S/C19H22BrNO3/c1-12(16-7-6-15(23-3)11-18(16)24-4)10-19(22)21-17-8-5-14(20)9-13(17)2/h5-9,11-12H,10H2,1-4H3,(H,21,22). The zero-order chi connectivity index (χ0) is 17.7. The second-order valence-electron chi connectivity index (χ2n) is 5.72. The van der Waals surface area contributed by atoms with E-state index in [4.69, 9.17) is 9.47 Å². The lowest BCUT2D eigenvalue weighted by Gasteiger charge is -2.17. The third-order valence-electron chi connectivity index (χ3n) is 3.93. The number of carbonyl (C=O) groups excluding carboxylic acids is 1. The van der Waals surface area contributed by atoms with Crippen molar-refractivity contribution in [3.8, 4) is 11.5 Å². The smallest absolute Gasteiger partial charge is 0.224 e. The van der Waals surface area contributed by atoms with E-state index in [9.17, 15) is 4.79 Å². The van der Waals surface area contributed by atoms with Crippen molar-refractivity contribution < 1.29 is 14.3 Å². The van der Waals surface area contributed by atoms with Crippen molar-refractivity contribution in [3.63, 3.8) is 0 Å². The highest BCUT2D eigenvalue weighted by Crippen LogP contribution is 2.32. The number of hydrogen-bond donors (Lipinski definition) is 1. The summed E-state index contributed by atoms with van der Waals surface area (Å²) in [5, 5.41) is 2.97. The van der Waals surface area contributed by atoms with E-state index < -0.39 is 0 Å². The second-order valence-corrected chi connectivity index (χ2v) is 6.64. The maximum atomic E-state index is 12.4. The Balaban J connectivity index is 2.08. The highest BCUT2D eigenvalue weighted by atomic mass is 79.9. The average molecular weight is 392 g/mol. The van der Waals surface area contributed by atoms with Crippen LogP contribution in [-0.4, -0.2) is 20.1 Å². The first-order valence-corrected chi connectivity index (χ1v) is 8.51. The van der Waals surface area contributed by atoms with E-state index in [-0.39, 0.29) is 11.8 Å². The molecule has 0 saturated carbocycles. The van der Waals surface area contributed by atoms with Crippen LogP contribution in [0, 0.1) is 6.92 Å². The minimum atomic E-state index is -0.0224. The highest BCUT2D eigenvalue weighted by molar-refractivity contribution is 9.10. The molecule has 0 bridgehead atoms. The van der Waals surface area contributed by atoms with Gasteiger partial charge in [-0.1, -0.05) is 28.9 Å². The molecule has 1 N–H and O–H groups in total. The van der Waals surface area contributed by atoms with Crippen LogP contribution in [0.3, 0.4) is 0 Å². The van der Waals surface area contributed by atoms with E-state index in [2.05, 4.69) is 21.2 Å². The molecule has 0 spiro atoms. The topological polar surface area (TPSA) is 47.6 Å². The molecule has 128 valence electrons. The Bertz CT molecular complexity index is 731. The summed E-state index contributed by atoms with van der Waals surface area (Å²) in [5.41, 5.74) is 2.84. The van der Waals surface area contributed by atoms with Crippen LogP contribution in [0.5, 0.6) is 11.5 Å². The molecule has 1 amide bonds. The quantitative estimate of drug-likeness (QED) is 0.760. The van der Waals surface area contributed by atoms with Gasteiger partial charge in [-0.15, -0.1) is 0 Å². The Labute approximate surface area is 151 Å². The molecule has 2 aromatic rings. The lowest BCUT2D eigenvalue weighted by atomic mass is 9.96. The zero-order valence-electron chi connectivity index (χ0n) is 14.4. The number of methoxy groups -OCH3 is 2. The van der Waals surface area contributed by atoms with E-state index in [0.717, 1.165) is 32.8 Å². The Morgan fingerprint density at radius 2 is 1.92 bits per heavy atom. The summed E-state index contributed by atoms with van der Waals surface area (Å²) in [6, 6.07) is 11.5. The predicted molar refractivity (Wildman–Crippen MR) is 100 cm³/mol. The zero-order valence-corrected chi connectivity index (χ0v) is 15.9.